The van der Waals surface area contributed by atoms with Gasteiger partial charge in [-0.05, 0) is 31.5 Å². The van der Waals surface area contributed by atoms with E-state index in [2.05, 4.69) is 31.3 Å². The highest BCUT2D eigenvalue weighted by atomic mass is 79.9. The van der Waals surface area contributed by atoms with Crippen LogP contribution in [0.15, 0.2) is 22.7 Å². The molecule has 0 unspecified atom stereocenters. The highest BCUT2D eigenvalue weighted by Crippen LogP contribution is 2.26. The van der Waals surface area contributed by atoms with Gasteiger partial charge in [0.2, 0.25) is 0 Å². The first kappa shape index (κ1) is 12.8. The number of nitrogens with one attached hydrogen (secondary N) is 1. The molecule has 2 aromatic rings. The molecule has 1 aromatic heterocycles. The Bertz CT molecular complexity index is 580. The first-order chi connectivity index (χ1) is 8.63. The van der Waals surface area contributed by atoms with E-state index in [9.17, 15) is 4.79 Å². The minimum atomic E-state index is -0.469. The van der Waals surface area contributed by atoms with Crippen LogP contribution in [0.5, 0.6) is 0 Å². The van der Waals surface area contributed by atoms with Crippen molar-refractivity contribution in [3.8, 4) is 11.3 Å². The Kier molecular flexibility index (Phi) is 3.76. The standard InChI is InChI=1S/C12H12BrN3O2/c1-3-18-12(17)11-10(14-16-15-11)9-5-4-8(13)6-7(9)2/h4-6H,3H2,1-2H3,(H,14,15,16). The molecule has 0 aliphatic heterocycles. The van der Waals surface area contributed by atoms with E-state index >= 15 is 0 Å². The fourth-order valence-corrected chi connectivity index (χ4v) is 2.13. The quantitative estimate of drug-likeness (QED) is 0.885. The topological polar surface area (TPSA) is 67.9 Å². The zero-order chi connectivity index (χ0) is 13.1. The minimum absolute atomic E-state index is 0.210. The molecule has 0 aliphatic rings. The second-order valence-corrected chi connectivity index (χ2v) is 4.62. The Labute approximate surface area is 113 Å². The largest absolute Gasteiger partial charge is 0.461 e. The van der Waals surface area contributed by atoms with Gasteiger partial charge in [-0.3, -0.25) is 0 Å². The van der Waals surface area contributed by atoms with Crippen LogP contribution in [0, 0.1) is 6.92 Å². The summed E-state index contributed by atoms with van der Waals surface area (Å²) < 4.78 is 5.92. The summed E-state index contributed by atoms with van der Waals surface area (Å²) in [6.07, 6.45) is 0. The molecule has 0 saturated heterocycles. The van der Waals surface area contributed by atoms with Gasteiger partial charge >= 0.3 is 5.97 Å². The van der Waals surface area contributed by atoms with Crippen LogP contribution in [0.4, 0.5) is 0 Å². The normalized spacial score (nSPS) is 10.4. The Balaban J connectivity index is 2.45. The third kappa shape index (κ3) is 2.43. The molecule has 5 nitrogen and oxygen atoms in total. The van der Waals surface area contributed by atoms with Crippen molar-refractivity contribution in [2.24, 2.45) is 0 Å². The first-order valence-electron chi connectivity index (χ1n) is 5.48. The molecule has 94 valence electrons. The van der Waals surface area contributed by atoms with Gasteiger partial charge in [-0.2, -0.15) is 10.3 Å². The van der Waals surface area contributed by atoms with Crippen molar-refractivity contribution in [1.29, 1.82) is 0 Å². The number of carbonyl (C=O) groups is 1. The molecule has 0 spiro atoms. The van der Waals surface area contributed by atoms with Crippen molar-refractivity contribution in [3.63, 3.8) is 0 Å². The summed E-state index contributed by atoms with van der Waals surface area (Å²) in [7, 11) is 0. The monoisotopic (exact) mass is 309 g/mol. The predicted octanol–water partition coefficient (Wildman–Crippen LogP) is 2.72. The molecule has 1 aromatic carbocycles. The van der Waals surface area contributed by atoms with Gasteiger partial charge in [-0.25, -0.2) is 4.79 Å². The maximum absolute atomic E-state index is 11.7. The molecule has 1 N–H and O–H groups in total. The van der Waals surface area contributed by atoms with Crippen LogP contribution >= 0.6 is 15.9 Å². The van der Waals surface area contributed by atoms with Gasteiger partial charge in [0.25, 0.3) is 0 Å². The third-order valence-electron chi connectivity index (χ3n) is 2.46. The smallest absolute Gasteiger partial charge is 0.361 e. The summed E-state index contributed by atoms with van der Waals surface area (Å²) in [5.74, 6) is -0.469. The summed E-state index contributed by atoms with van der Waals surface area (Å²) in [5, 5.41) is 10.3. The second kappa shape index (κ2) is 5.30. The molecule has 0 radical (unpaired) electrons. The van der Waals surface area contributed by atoms with E-state index in [1.54, 1.807) is 6.92 Å². The van der Waals surface area contributed by atoms with Crippen molar-refractivity contribution in [2.75, 3.05) is 6.61 Å². The number of ether oxygens (including phenoxy) is 1. The van der Waals surface area contributed by atoms with E-state index in [0.29, 0.717) is 12.3 Å². The van der Waals surface area contributed by atoms with Crippen molar-refractivity contribution < 1.29 is 9.53 Å². The van der Waals surface area contributed by atoms with Crippen LogP contribution in [-0.4, -0.2) is 28.0 Å². The number of benzene rings is 1. The average Bonchev–Trinajstić information content (AvgIpc) is 2.78. The molecule has 18 heavy (non-hydrogen) atoms. The van der Waals surface area contributed by atoms with Gasteiger partial charge in [0.1, 0.15) is 5.69 Å². The third-order valence-corrected chi connectivity index (χ3v) is 2.95. The summed E-state index contributed by atoms with van der Waals surface area (Å²) >= 11 is 3.40. The second-order valence-electron chi connectivity index (χ2n) is 3.70. The first-order valence-corrected chi connectivity index (χ1v) is 6.27. The number of esters is 1. The number of H-pyrrole nitrogens is 1. The fraction of sp³-hybridized carbons (Fsp3) is 0.250. The van der Waals surface area contributed by atoms with Gasteiger partial charge in [0.05, 0.1) is 6.61 Å². The minimum Gasteiger partial charge on any atom is -0.461 e. The highest BCUT2D eigenvalue weighted by Gasteiger charge is 2.20. The molecule has 2 rings (SSSR count). The van der Waals surface area contributed by atoms with Crippen molar-refractivity contribution in [1.82, 2.24) is 15.4 Å². The fourth-order valence-electron chi connectivity index (χ4n) is 1.65. The number of hydrogen-bond acceptors (Lipinski definition) is 4. The molecule has 0 aliphatic carbocycles. The number of rotatable bonds is 3. The number of aryl methyl sites for hydroxylation is 1. The van der Waals surface area contributed by atoms with Crippen LogP contribution in [0.1, 0.15) is 23.0 Å². The lowest BCUT2D eigenvalue weighted by molar-refractivity contribution is 0.0520. The Morgan fingerprint density at radius 1 is 1.44 bits per heavy atom. The molecule has 6 heteroatoms. The molecular weight excluding hydrogens is 298 g/mol. The Hall–Kier alpha value is -1.69. The molecular formula is C12H12BrN3O2. The maximum Gasteiger partial charge on any atom is 0.361 e. The van der Waals surface area contributed by atoms with Gasteiger partial charge < -0.3 is 4.74 Å². The summed E-state index contributed by atoms with van der Waals surface area (Å²) in [6.45, 7) is 4.01. The van der Waals surface area contributed by atoms with Gasteiger partial charge in [0.15, 0.2) is 5.69 Å². The molecule has 0 saturated carbocycles. The number of aromatic nitrogens is 3. The summed E-state index contributed by atoms with van der Waals surface area (Å²) in [4.78, 5) is 11.7. The van der Waals surface area contributed by atoms with Crippen molar-refractivity contribution in [2.45, 2.75) is 13.8 Å². The van der Waals surface area contributed by atoms with Crippen molar-refractivity contribution in [3.05, 3.63) is 33.9 Å². The number of halogens is 1. The maximum atomic E-state index is 11.7. The Morgan fingerprint density at radius 2 is 2.22 bits per heavy atom. The number of aromatic amines is 1. The summed E-state index contributed by atoms with van der Waals surface area (Å²) in [5.41, 5.74) is 2.58. The number of carbonyl (C=O) groups excluding carboxylic acids is 1. The van der Waals surface area contributed by atoms with Gasteiger partial charge in [0, 0.05) is 10.0 Å². The van der Waals surface area contributed by atoms with Gasteiger partial charge in [-0.1, -0.05) is 22.0 Å². The highest BCUT2D eigenvalue weighted by molar-refractivity contribution is 9.10. The van der Waals surface area contributed by atoms with Gasteiger partial charge in [-0.15, -0.1) is 5.10 Å². The van der Waals surface area contributed by atoms with E-state index in [0.717, 1.165) is 15.6 Å². The van der Waals surface area contributed by atoms with E-state index in [1.807, 2.05) is 25.1 Å². The molecule has 0 bridgehead atoms. The van der Waals surface area contributed by atoms with Crippen LogP contribution in [-0.2, 0) is 4.74 Å². The zero-order valence-corrected chi connectivity index (χ0v) is 11.6. The lowest BCUT2D eigenvalue weighted by atomic mass is 10.0. The zero-order valence-electron chi connectivity index (χ0n) is 10.0. The van der Waals surface area contributed by atoms with Crippen LogP contribution < -0.4 is 0 Å². The van der Waals surface area contributed by atoms with Crippen LogP contribution in [0.25, 0.3) is 11.3 Å². The van der Waals surface area contributed by atoms with E-state index in [-0.39, 0.29) is 5.69 Å². The molecule has 0 amide bonds. The molecule has 0 atom stereocenters. The lowest BCUT2D eigenvalue weighted by Gasteiger charge is -2.05. The number of nitrogens with zero attached hydrogens (tertiary/aromatic N) is 2. The predicted molar refractivity (Wildman–Crippen MR) is 70.2 cm³/mol. The van der Waals surface area contributed by atoms with Crippen LogP contribution in [0.3, 0.4) is 0 Å². The lowest BCUT2D eigenvalue weighted by Crippen LogP contribution is -2.07. The number of hydrogen-bond donors (Lipinski definition) is 1. The Morgan fingerprint density at radius 3 is 2.89 bits per heavy atom. The van der Waals surface area contributed by atoms with E-state index < -0.39 is 5.97 Å². The molecule has 1 heterocycles. The summed E-state index contributed by atoms with van der Waals surface area (Å²) in [6, 6.07) is 5.74. The SMILES string of the molecule is CCOC(=O)c1n[nH]nc1-c1ccc(Br)cc1C. The molecule has 0 fully saturated rings. The van der Waals surface area contributed by atoms with E-state index in [4.69, 9.17) is 4.74 Å². The van der Waals surface area contributed by atoms with Crippen molar-refractivity contribution >= 4 is 21.9 Å². The average molecular weight is 310 g/mol. The van der Waals surface area contributed by atoms with Crippen LogP contribution in [0.2, 0.25) is 0 Å². The van der Waals surface area contributed by atoms with E-state index in [1.165, 1.54) is 0 Å².